The van der Waals surface area contributed by atoms with Gasteiger partial charge in [0.05, 0.1) is 12.7 Å². The van der Waals surface area contributed by atoms with Crippen molar-refractivity contribution in [3.8, 4) is 23.3 Å². The maximum absolute atomic E-state index is 12.2. The zero-order valence-electron chi connectivity index (χ0n) is 12.0. The molecule has 0 aliphatic rings. The molecule has 0 aliphatic heterocycles. The van der Waals surface area contributed by atoms with E-state index in [0.717, 1.165) is 12.1 Å². The molecule has 0 fully saturated rings. The number of ether oxygens (including phenoxy) is 2. The molecule has 6 heteroatoms. The van der Waals surface area contributed by atoms with Crippen LogP contribution in [0.2, 0.25) is 0 Å². The fourth-order valence-corrected chi connectivity index (χ4v) is 1.76. The number of hydrogen-bond donors (Lipinski definition) is 0. The molecule has 23 heavy (non-hydrogen) atoms. The van der Waals surface area contributed by atoms with E-state index in [4.69, 9.17) is 4.74 Å². The lowest BCUT2D eigenvalue weighted by Crippen LogP contribution is -2.17. The minimum absolute atomic E-state index is 0.0834. The van der Waals surface area contributed by atoms with Gasteiger partial charge < -0.3 is 9.47 Å². The van der Waals surface area contributed by atoms with Crippen LogP contribution in [0.4, 0.5) is 13.2 Å². The van der Waals surface area contributed by atoms with Crippen molar-refractivity contribution in [1.29, 1.82) is 0 Å². The van der Waals surface area contributed by atoms with Crippen LogP contribution in [-0.4, -0.2) is 19.3 Å². The Bertz CT molecular complexity index is 756. The van der Waals surface area contributed by atoms with Gasteiger partial charge in [0.15, 0.2) is 0 Å². The molecule has 0 aromatic heterocycles. The number of rotatable bonds is 3. The summed E-state index contributed by atoms with van der Waals surface area (Å²) in [6.07, 6.45) is -4.79. The van der Waals surface area contributed by atoms with E-state index >= 15 is 0 Å². The average molecular weight is 320 g/mol. The van der Waals surface area contributed by atoms with Gasteiger partial charge in [-0.15, -0.1) is 13.2 Å². The van der Waals surface area contributed by atoms with Crippen LogP contribution in [0, 0.1) is 11.8 Å². The van der Waals surface area contributed by atoms with Crippen molar-refractivity contribution in [3.63, 3.8) is 0 Å². The predicted octanol–water partition coefficient (Wildman–Crippen LogP) is 3.83. The monoisotopic (exact) mass is 320 g/mol. The molecule has 0 saturated carbocycles. The SMILES string of the molecule is COc1cc(OC(F)(F)F)ccc1C#CC(=O)c1ccccc1. The summed E-state index contributed by atoms with van der Waals surface area (Å²) in [5.41, 5.74) is 0.710. The predicted molar refractivity (Wildman–Crippen MR) is 77.3 cm³/mol. The summed E-state index contributed by atoms with van der Waals surface area (Å²) in [6, 6.07) is 11.9. The van der Waals surface area contributed by atoms with E-state index in [0.29, 0.717) is 5.56 Å². The van der Waals surface area contributed by atoms with E-state index in [1.54, 1.807) is 30.3 Å². The summed E-state index contributed by atoms with van der Waals surface area (Å²) in [6.45, 7) is 0. The van der Waals surface area contributed by atoms with Gasteiger partial charge >= 0.3 is 6.36 Å². The molecule has 0 saturated heterocycles. The number of hydrogen-bond acceptors (Lipinski definition) is 3. The van der Waals surface area contributed by atoms with Crippen LogP contribution in [0.3, 0.4) is 0 Å². The maximum Gasteiger partial charge on any atom is 0.573 e. The first-order valence-electron chi connectivity index (χ1n) is 6.44. The largest absolute Gasteiger partial charge is 0.573 e. The Balaban J connectivity index is 2.24. The average Bonchev–Trinajstić information content (AvgIpc) is 2.52. The second kappa shape index (κ2) is 6.88. The van der Waals surface area contributed by atoms with Crippen LogP contribution in [0.25, 0.3) is 0 Å². The highest BCUT2D eigenvalue weighted by atomic mass is 19.4. The summed E-state index contributed by atoms with van der Waals surface area (Å²) in [5, 5.41) is 0. The Morgan fingerprint density at radius 2 is 1.78 bits per heavy atom. The fraction of sp³-hybridized carbons (Fsp3) is 0.118. The van der Waals surface area contributed by atoms with Crippen molar-refractivity contribution in [2.75, 3.05) is 7.11 Å². The minimum Gasteiger partial charge on any atom is -0.495 e. The van der Waals surface area contributed by atoms with Crippen LogP contribution < -0.4 is 9.47 Å². The highest BCUT2D eigenvalue weighted by Gasteiger charge is 2.31. The maximum atomic E-state index is 12.2. The lowest BCUT2D eigenvalue weighted by atomic mass is 10.1. The molecule has 0 N–H and O–H groups in total. The zero-order valence-corrected chi connectivity index (χ0v) is 12.0. The van der Waals surface area contributed by atoms with Gasteiger partial charge in [0.1, 0.15) is 11.5 Å². The molecule has 0 amide bonds. The van der Waals surface area contributed by atoms with Crippen molar-refractivity contribution < 1.29 is 27.4 Å². The molecular formula is C17H11F3O3. The molecule has 0 aliphatic carbocycles. The van der Waals surface area contributed by atoms with Crippen molar-refractivity contribution >= 4 is 5.78 Å². The van der Waals surface area contributed by atoms with Gasteiger partial charge in [0.25, 0.3) is 0 Å². The van der Waals surface area contributed by atoms with E-state index in [1.807, 2.05) is 0 Å². The van der Waals surface area contributed by atoms with Gasteiger partial charge in [-0.25, -0.2) is 0 Å². The standard InChI is InChI=1S/C17H11F3O3/c1-22-16-11-14(23-17(18,19)20)9-7-13(16)8-10-15(21)12-5-3-2-4-6-12/h2-7,9,11H,1H3. The number of alkyl halides is 3. The van der Waals surface area contributed by atoms with Crippen LogP contribution >= 0.6 is 0 Å². The Labute approximate surface area is 130 Å². The third-order valence-electron chi connectivity index (χ3n) is 2.75. The summed E-state index contributed by atoms with van der Waals surface area (Å²) in [5.74, 6) is 4.28. The van der Waals surface area contributed by atoms with Gasteiger partial charge in [0, 0.05) is 11.6 Å². The number of methoxy groups -OCH3 is 1. The first kappa shape index (κ1) is 16.4. The van der Waals surface area contributed by atoms with Crippen molar-refractivity contribution in [3.05, 3.63) is 59.7 Å². The number of halogens is 3. The van der Waals surface area contributed by atoms with E-state index in [1.165, 1.54) is 13.2 Å². The van der Waals surface area contributed by atoms with Crippen LogP contribution in [0.5, 0.6) is 11.5 Å². The molecule has 3 nitrogen and oxygen atoms in total. The van der Waals surface area contributed by atoms with E-state index < -0.39 is 17.9 Å². The number of carbonyl (C=O) groups is 1. The lowest BCUT2D eigenvalue weighted by Gasteiger charge is -2.10. The van der Waals surface area contributed by atoms with Crippen molar-refractivity contribution in [1.82, 2.24) is 0 Å². The molecule has 2 aromatic rings. The van der Waals surface area contributed by atoms with Gasteiger partial charge in [-0.3, -0.25) is 4.79 Å². The van der Waals surface area contributed by atoms with E-state index in [9.17, 15) is 18.0 Å². The molecule has 2 rings (SSSR count). The molecule has 0 bridgehead atoms. The van der Waals surface area contributed by atoms with Crippen LogP contribution in [-0.2, 0) is 0 Å². The zero-order chi connectivity index (χ0) is 16.9. The van der Waals surface area contributed by atoms with E-state index in [-0.39, 0.29) is 11.3 Å². The summed E-state index contributed by atoms with van der Waals surface area (Å²) < 4.78 is 45.3. The molecule has 2 aromatic carbocycles. The molecule has 0 radical (unpaired) electrons. The molecular weight excluding hydrogens is 309 g/mol. The van der Waals surface area contributed by atoms with Crippen molar-refractivity contribution in [2.24, 2.45) is 0 Å². The topological polar surface area (TPSA) is 35.5 Å². The molecule has 0 atom stereocenters. The smallest absolute Gasteiger partial charge is 0.495 e. The summed E-state index contributed by atoms with van der Waals surface area (Å²) >= 11 is 0. The Morgan fingerprint density at radius 3 is 2.39 bits per heavy atom. The third kappa shape index (κ3) is 4.78. The van der Waals surface area contributed by atoms with Crippen LogP contribution in [0.1, 0.15) is 15.9 Å². The Morgan fingerprint density at radius 1 is 1.09 bits per heavy atom. The molecule has 118 valence electrons. The number of benzene rings is 2. The number of ketones is 1. The second-order valence-corrected chi connectivity index (χ2v) is 4.36. The summed E-state index contributed by atoms with van der Waals surface area (Å²) in [7, 11) is 1.29. The summed E-state index contributed by atoms with van der Waals surface area (Å²) in [4.78, 5) is 11.9. The Kier molecular flexibility index (Phi) is 4.91. The van der Waals surface area contributed by atoms with Crippen molar-refractivity contribution in [2.45, 2.75) is 6.36 Å². The first-order chi connectivity index (χ1) is 10.9. The highest BCUT2D eigenvalue weighted by molar-refractivity contribution is 6.09. The normalized spacial score (nSPS) is 10.4. The number of carbonyl (C=O) groups excluding carboxylic acids is 1. The molecule has 0 spiro atoms. The van der Waals surface area contributed by atoms with E-state index in [2.05, 4.69) is 16.6 Å². The van der Waals surface area contributed by atoms with Crippen LogP contribution in [0.15, 0.2) is 48.5 Å². The third-order valence-corrected chi connectivity index (χ3v) is 2.75. The second-order valence-electron chi connectivity index (χ2n) is 4.36. The van der Waals surface area contributed by atoms with Gasteiger partial charge in [-0.1, -0.05) is 36.3 Å². The van der Waals surface area contributed by atoms with Gasteiger partial charge in [-0.05, 0) is 18.1 Å². The molecule has 0 unspecified atom stereocenters. The van der Waals surface area contributed by atoms with Gasteiger partial charge in [0.2, 0.25) is 5.78 Å². The number of Topliss-reactive ketones (excluding diaryl/α,β-unsaturated/α-hetero) is 1. The van der Waals surface area contributed by atoms with Gasteiger partial charge in [-0.2, -0.15) is 0 Å². The molecule has 0 heterocycles. The minimum atomic E-state index is -4.79. The quantitative estimate of drug-likeness (QED) is 0.637. The first-order valence-corrected chi connectivity index (χ1v) is 6.44. The fourth-order valence-electron chi connectivity index (χ4n) is 1.76. The lowest BCUT2D eigenvalue weighted by molar-refractivity contribution is -0.274. The Hall–Kier alpha value is -2.94. The highest BCUT2D eigenvalue weighted by Crippen LogP contribution is 2.28.